The van der Waals surface area contributed by atoms with Gasteiger partial charge in [0.1, 0.15) is 16.4 Å². The normalized spacial score (nSPS) is 12.1. The molecule has 0 fully saturated rings. The van der Waals surface area contributed by atoms with Crippen molar-refractivity contribution in [3.05, 3.63) is 68.9 Å². The fraction of sp³-hybridized carbons (Fsp3) is 0.111. The molecular weight excluding hydrogens is 502 g/mol. The smallest absolute Gasteiger partial charge is 0.333 e. The van der Waals surface area contributed by atoms with Crippen molar-refractivity contribution in [3.8, 4) is 11.4 Å². The summed E-state index contributed by atoms with van der Waals surface area (Å²) in [5.74, 6) is -1.07. The largest absolute Gasteiger partial charge is 0.417 e. The third kappa shape index (κ3) is 4.67. The van der Waals surface area contributed by atoms with Crippen LogP contribution in [0.1, 0.15) is 16.1 Å². The van der Waals surface area contributed by atoms with E-state index in [0.29, 0.717) is 11.6 Å². The van der Waals surface area contributed by atoms with Gasteiger partial charge in [-0.05, 0) is 24.3 Å². The molecule has 0 atom stereocenters. The predicted molar refractivity (Wildman–Crippen MR) is 110 cm³/mol. The van der Waals surface area contributed by atoms with E-state index in [9.17, 15) is 26.4 Å². The van der Waals surface area contributed by atoms with Gasteiger partial charge in [0.2, 0.25) is 0 Å². The van der Waals surface area contributed by atoms with Crippen LogP contribution in [0.25, 0.3) is 11.4 Å². The number of nitrogens with zero attached hydrogens (tertiary/aromatic N) is 2. The second-order valence-corrected chi connectivity index (χ2v) is 9.02. The number of halogens is 6. The number of carbonyl (C=O) groups excluding carboxylic acids is 1. The number of benzene rings is 2. The predicted octanol–water partition coefficient (Wildman–Crippen LogP) is 5.18. The monoisotopic (exact) mass is 511 g/mol. The molecule has 13 heteroatoms. The number of hydrogen-bond acceptors (Lipinski definition) is 4. The molecule has 1 amide bonds. The van der Waals surface area contributed by atoms with E-state index in [2.05, 4.69) is 4.98 Å². The highest BCUT2D eigenvalue weighted by Crippen LogP contribution is 2.37. The maximum absolute atomic E-state index is 13.3. The highest BCUT2D eigenvalue weighted by Gasteiger charge is 2.39. The van der Waals surface area contributed by atoms with Crippen LogP contribution >= 0.6 is 34.8 Å². The van der Waals surface area contributed by atoms with Gasteiger partial charge in [0.15, 0.2) is 0 Å². The van der Waals surface area contributed by atoms with Gasteiger partial charge in [-0.1, -0.05) is 46.9 Å². The average Bonchev–Trinajstić information content (AvgIpc) is 3.04. The quantitative estimate of drug-likeness (QED) is 0.522. The standard InChI is InChI=1S/C18H11Cl3F3N3O3S/c1-27-8-13(25-16(27)9-4-2-6-11(19)14(9)21)17(28)26-31(29,30)15-10(18(22,23)24)5-3-7-12(15)20/h2-8H,1H3,(H,26,28). The van der Waals surface area contributed by atoms with E-state index in [-0.39, 0.29) is 21.6 Å². The Morgan fingerprint density at radius 3 is 2.32 bits per heavy atom. The zero-order valence-corrected chi connectivity index (χ0v) is 18.4. The van der Waals surface area contributed by atoms with E-state index in [1.54, 1.807) is 22.9 Å². The Labute approximate surface area is 189 Å². The van der Waals surface area contributed by atoms with Crippen LogP contribution in [-0.4, -0.2) is 23.9 Å². The second-order valence-electron chi connectivity index (χ2n) is 6.21. The number of aryl methyl sites for hydroxylation is 1. The van der Waals surface area contributed by atoms with E-state index in [0.717, 1.165) is 12.1 Å². The van der Waals surface area contributed by atoms with E-state index >= 15 is 0 Å². The van der Waals surface area contributed by atoms with Gasteiger partial charge in [-0.2, -0.15) is 13.2 Å². The van der Waals surface area contributed by atoms with Gasteiger partial charge in [0, 0.05) is 18.8 Å². The summed E-state index contributed by atoms with van der Waals surface area (Å²) in [6, 6.07) is 7.18. The lowest BCUT2D eigenvalue weighted by Crippen LogP contribution is -2.32. The molecule has 3 rings (SSSR count). The highest BCUT2D eigenvalue weighted by molar-refractivity contribution is 7.90. The van der Waals surface area contributed by atoms with Crippen molar-refractivity contribution in [2.75, 3.05) is 0 Å². The Balaban J connectivity index is 1.99. The van der Waals surface area contributed by atoms with Crippen molar-refractivity contribution in [1.82, 2.24) is 14.3 Å². The van der Waals surface area contributed by atoms with Crippen LogP contribution in [0.2, 0.25) is 15.1 Å². The molecule has 0 spiro atoms. The fourth-order valence-corrected chi connectivity index (χ4v) is 4.85. The molecule has 2 aromatic carbocycles. The van der Waals surface area contributed by atoms with E-state index in [4.69, 9.17) is 34.8 Å². The van der Waals surface area contributed by atoms with Crippen molar-refractivity contribution in [2.24, 2.45) is 7.05 Å². The van der Waals surface area contributed by atoms with E-state index in [1.165, 1.54) is 17.8 Å². The molecule has 1 aromatic heterocycles. The number of amides is 1. The topological polar surface area (TPSA) is 81.1 Å². The lowest BCUT2D eigenvalue weighted by molar-refractivity contribution is -0.139. The molecule has 31 heavy (non-hydrogen) atoms. The van der Waals surface area contributed by atoms with E-state index in [1.807, 2.05) is 0 Å². The molecule has 0 aliphatic rings. The van der Waals surface area contributed by atoms with Crippen molar-refractivity contribution in [3.63, 3.8) is 0 Å². The minimum Gasteiger partial charge on any atom is -0.333 e. The Morgan fingerprint density at radius 2 is 1.68 bits per heavy atom. The van der Waals surface area contributed by atoms with E-state index < -0.39 is 37.6 Å². The first-order valence-electron chi connectivity index (χ1n) is 8.23. The minimum absolute atomic E-state index is 0.156. The van der Waals surface area contributed by atoms with Gasteiger partial charge >= 0.3 is 6.18 Å². The molecule has 3 aromatic rings. The summed E-state index contributed by atoms with van der Waals surface area (Å²) in [7, 11) is -3.47. The summed E-state index contributed by atoms with van der Waals surface area (Å²) >= 11 is 17.8. The first-order chi connectivity index (χ1) is 14.3. The zero-order chi connectivity index (χ0) is 23.1. The molecule has 1 N–H and O–H groups in total. The summed E-state index contributed by atoms with van der Waals surface area (Å²) in [6.45, 7) is 0. The number of hydrogen-bond donors (Lipinski definition) is 1. The highest BCUT2D eigenvalue weighted by atomic mass is 35.5. The molecule has 0 unspecified atom stereocenters. The van der Waals surface area contributed by atoms with Crippen LogP contribution in [0.4, 0.5) is 13.2 Å². The zero-order valence-electron chi connectivity index (χ0n) is 15.3. The van der Waals surface area contributed by atoms with Gasteiger partial charge in [0.05, 0.1) is 20.6 Å². The summed E-state index contributed by atoms with van der Waals surface area (Å²) < 4.78 is 67.9. The van der Waals surface area contributed by atoms with Crippen molar-refractivity contribution in [2.45, 2.75) is 11.1 Å². The number of aromatic nitrogens is 2. The molecule has 0 aliphatic carbocycles. The minimum atomic E-state index is -5.01. The van der Waals surface area contributed by atoms with Gasteiger partial charge in [-0.15, -0.1) is 0 Å². The number of imidazole rings is 1. The maximum atomic E-state index is 13.3. The Kier molecular flexibility index (Phi) is 6.30. The number of nitrogens with one attached hydrogen (secondary N) is 1. The summed E-state index contributed by atoms with van der Waals surface area (Å²) in [6.07, 6.45) is -3.83. The summed E-state index contributed by atoms with van der Waals surface area (Å²) in [5.41, 5.74) is -1.52. The molecular formula is C18H11Cl3F3N3O3S. The van der Waals surface area contributed by atoms with Crippen LogP contribution in [0.15, 0.2) is 47.5 Å². The SMILES string of the molecule is Cn1cc(C(=O)NS(=O)(=O)c2c(Cl)cccc2C(F)(F)F)nc1-c1cccc(Cl)c1Cl. The Morgan fingerprint density at radius 1 is 1.06 bits per heavy atom. The third-order valence-corrected chi connectivity index (χ3v) is 6.75. The summed E-state index contributed by atoms with van der Waals surface area (Å²) in [4.78, 5) is 15.3. The Bertz CT molecular complexity index is 1290. The van der Waals surface area contributed by atoms with Gasteiger partial charge in [0.25, 0.3) is 15.9 Å². The molecule has 0 aliphatic heterocycles. The van der Waals surface area contributed by atoms with Crippen LogP contribution in [-0.2, 0) is 23.2 Å². The van der Waals surface area contributed by atoms with Crippen molar-refractivity contribution in [1.29, 1.82) is 0 Å². The molecule has 6 nitrogen and oxygen atoms in total. The summed E-state index contributed by atoms with van der Waals surface area (Å²) in [5, 5.41) is -0.306. The molecule has 0 bridgehead atoms. The maximum Gasteiger partial charge on any atom is 0.417 e. The molecule has 0 saturated heterocycles. The van der Waals surface area contributed by atoms with Gasteiger partial charge in [-0.3, -0.25) is 4.79 Å². The number of carbonyl (C=O) groups is 1. The molecule has 1 heterocycles. The van der Waals surface area contributed by atoms with Gasteiger partial charge in [-0.25, -0.2) is 18.1 Å². The molecule has 0 radical (unpaired) electrons. The first-order valence-corrected chi connectivity index (χ1v) is 10.8. The van der Waals surface area contributed by atoms with Crippen molar-refractivity contribution < 1.29 is 26.4 Å². The number of alkyl halides is 3. The average molecular weight is 513 g/mol. The van der Waals surface area contributed by atoms with Gasteiger partial charge < -0.3 is 4.57 Å². The van der Waals surface area contributed by atoms with Crippen molar-refractivity contribution >= 4 is 50.7 Å². The van der Waals surface area contributed by atoms with Crippen LogP contribution in [0.3, 0.4) is 0 Å². The number of rotatable bonds is 4. The lowest BCUT2D eigenvalue weighted by atomic mass is 10.2. The molecule has 164 valence electrons. The third-order valence-electron chi connectivity index (χ3n) is 4.07. The van der Waals surface area contributed by atoms with Crippen LogP contribution in [0.5, 0.6) is 0 Å². The molecule has 0 saturated carbocycles. The first kappa shape index (κ1) is 23.4. The lowest BCUT2D eigenvalue weighted by Gasteiger charge is -2.14. The number of sulfonamides is 1. The fourth-order valence-electron chi connectivity index (χ4n) is 2.73. The second kappa shape index (κ2) is 8.34. The Hall–Kier alpha value is -2.27. The van der Waals surface area contributed by atoms with Crippen LogP contribution < -0.4 is 4.72 Å². The van der Waals surface area contributed by atoms with Crippen LogP contribution in [0, 0.1) is 0 Å².